The number of benzene rings is 2. The molecule has 0 radical (unpaired) electrons. The van der Waals surface area contributed by atoms with E-state index in [1.807, 2.05) is 32.0 Å². The van der Waals surface area contributed by atoms with Crippen LogP contribution in [0.25, 0.3) is 21.5 Å². The Morgan fingerprint density at radius 1 is 1.14 bits per heavy atom. The molecule has 2 aromatic carbocycles. The Morgan fingerprint density at radius 2 is 1.96 bits per heavy atom. The molecule has 0 unspecified atom stereocenters. The number of fused-ring (bicyclic) bond motifs is 1. The van der Waals surface area contributed by atoms with Crippen molar-refractivity contribution in [2.45, 2.75) is 13.8 Å². The van der Waals surface area contributed by atoms with Crippen LogP contribution < -0.4 is 5.32 Å². The third-order valence-electron chi connectivity index (χ3n) is 4.20. The zero-order valence-electron chi connectivity index (χ0n) is 14.9. The first-order valence-electron chi connectivity index (χ1n) is 8.31. The molecule has 4 rings (SSSR count). The van der Waals surface area contributed by atoms with E-state index in [9.17, 15) is 14.9 Å². The summed E-state index contributed by atoms with van der Waals surface area (Å²) in [7, 11) is 0. The van der Waals surface area contributed by atoms with Gasteiger partial charge in [0.1, 0.15) is 0 Å². The number of hydrogen-bond acceptors (Lipinski definition) is 7. The summed E-state index contributed by atoms with van der Waals surface area (Å²) < 4.78 is 6.36. The van der Waals surface area contributed by atoms with Gasteiger partial charge in [0, 0.05) is 27.8 Å². The third kappa shape index (κ3) is 3.35. The van der Waals surface area contributed by atoms with Gasteiger partial charge in [-0.2, -0.15) is 0 Å². The van der Waals surface area contributed by atoms with Gasteiger partial charge in [-0.3, -0.25) is 20.2 Å². The number of thiophene rings is 1. The van der Waals surface area contributed by atoms with Crippen LogP contribution in [0, 0.1) is 24.0 Å². The van der Waals surface area contributed by atoms with Crippen molar-refractivity contribution in [3.63, 3.8) is 0 Å². The second-order valence-electron chi connectivity index (χ2n) is 6.27. The van der Waals surface area contributed by atoms with Crippen LogP contribution in [0.1, 0.15) is 20.8 Å². The summed E-state index contributed by atoms with van der Waals surface area (Å²) in [6, 6.07) is 12.0. The van der Waals surface area contributed by atoms with Crippen molar-refractivity contribution in [3.8, 4) is 11.5 Å². The van der Waals surface area contributed by atoms with Gasteiger partial charge >= 0.3 is 6.01 Å². The third-order valence-corrected chi connectivity index (χ3v) is 5.32. The molecule has 0 bridgehead atoms. The molecule has 0 atom stereocenters. The van der Waals surface area contributed by atoms with Crippen LogP contribution in [0.4, 0.5) is 11.7 Å². The second kappa shape index (κ2) is 6.86. The molecule has 8 nitrogen and oxygen atoms in total. The molecule has 0 aliphatic rings. The van der Waals surface area contributed by atoms with Crippen LogP contribution >= 0.6 is 11.3 Å². The Bertz CT molecular complexity index is 1230. The average molecular weight is 394 g/mol. The zero-order chi connectivity index (χ0) is 19.8. The molecule has 1 amide bonds. The molecule has 1 N–H and O–H groups in total. The molecule has 2 heterocycles. The maximum Gasteiger partial charge on any atom is 0.322 e. The fourth-order valence-corrected chi connectivity index (χ4v) is 3.70. The number of rotatable bonds is 4. The number of hydrogen-bond donors (Lipinski definition) is 1. The molecule has 0 aliphatic carbocycles. The van der Waals surface area contributed by atoms with Gasteiger partial charge in [0.25, 0.3) is 11.6 Å². The van der Waals surface area contributed by atoms with E-state index in [0.717, 1.165) is 21.4 Å². The molecule has 0 saturated carbocycles. The highest BCUT2D eigenvalue weighted by Gasteiger charge is 2.17. The van der Waals surface area contributed by atoms with Crippen molar-refractivity contribution in [1.29, 1.82) is 0 Å². The van der Waals surface area contributed by atoms with Gasteiger partial charge in [-0.05, 0) is 37.6 Å². The molecule has 0 fully saturated rings. The lowest BCUT2D eigenvalue weighted by Gasteiger charge is -2.02. The van der Waals surface area contributed by atoms with Crippen molar-refractivity contribution in [2.24, 2.45) is 0 Å². The minimum atomic E-state index is -0.468. The monoisotopic (exact) mass is 394 g/mol. The molecule has 140 valence electrons. The lowest BCUT2D eigenvalue weighted by Crippen LogP contribution is -2.10. The lowest BCUT2D eigenvalue weighted by molar-refractivity contribution is -0.384. The minimum Gasteiger partial charge on any atom is -0.403 e. The normalized spacial score (nSPS) is 10.9. The Hall–Kier alpha value is -3.59. The summed E-state index contributed by atoms with van der Waals surface area (Å²) in [4.78, 5) is 23.3. The highest BCUT2D eigenvalue weighted by atomic mass is 32.1. The van der Waals surface area contributed by atoms with Gasteiger partial charge in [0.15, 0.2) is 0 Å². The zero-order valence-corrected chi connectivity index (χ0v) is 15.7. The highest BCUT2D eigenvalue weighted by Crippen LogP contribution is 2.30. The smallest absolute Gasteiger partial charge is 0.322 e. The summed E-state index contributed by atoms with van der Waals surface area (Å²) in [5, 5.41) is 22.0. The Morgan fingerprint density at radius 3 is 2.75 bits per heavy atom. The van der Waals surface area contributed by atoms with Crippen molar-refractivity contribution in [3.05, 3.63) is 68.6 Å². The number of carbonyl (C=O) groups excluding carboxylic acids is 1. The number of aryl methyl sites for hydroxylation is 2. The summed E-state index contributed by atoms with van der Waals surface area (Å²) in [5.41, 5.74) is 2.83. The van der Waals surface area contributed by atoms with Crippen LogP contribution in [-0.2, 0) is 0 Å². The number of non-ortho nitro benzene ring substituents is 1. The van der Waals surface area contributed by atoms with Crippen molar-refractivity contribution in [2.75, 3.05) is 5.32 Å². The van der Waals surface area contributed by atoms with Crippen LogP contribution in [-0.4, -0.2) is 21.0 Å². The predicted octanol–water partition coefficient (Wildman–Crippen LogP) is 4.73. The van der Waals surface area contributed by atoms with E-state index in [1.165, 1.54) is 23.5 Å². The number of nitrogens with one attached hydrogen (secondary N) is 1. The predicted molar refractivity (Wildman–Crippen MR) is 106 cm³/mol. The van der Waals surface area contributed by atoms with Crippen molar-refractivity contribution >= 4 is 39.0 Å². The molecular weight excluding hydrogens is 380 g/mol. The van der Waals surface area contributed by atoms with E-state index in [-0.39, 0.29) is 11.7 Å². The first-order valence-corrected chi connectivity index (χ1v) is 9.13. The van der Waals surface area contributed by atoms with Crippen LogP contribution in [0.2, 0.25) is 0 Å². The Labute approximate surface area is 163 Å². The van der Waals surface area contributed by atoms with E-state index in [1.54, 1.807) is 12.1 Å². The van der Waals surface area contributed by atoms with Crippen molar-refractivity contribution < 1.29 is 14.1 Å². The Balaban J connectivity index is 1.57. The highest BCUT2D eigenvalue weighted by molar-refractivity contribution is 7.20. The number of nitro groups is 1. The average Bonchev–Trinajstić information content (AvgIpc) is 3.29. The number of aromatic nitrogens is 2. The quantitative estimate of drug-likeness (QED) is 0.396. The maximum atomic E-state index is 12.5. The first kappa shape index (κ1) is 17.8. The molecule has 9 heteroatoms. The standard InChI is InChI=1S/C19H14N4O4S/c1-10-3-4-11(2)14(7-10)18-21-22-19(27-18)20-17(24)16-9-12-8-13(23(25)26)5-6-15(12)28-16/h3-9H,1-2H3,(H,20,22,24). The van der Waals surface area contributed by atoms with Gasteiger partial charge < -0.3 is 4.42 Å². The summed E-state index contributed by atoms with van der Waals surface area (Å²) in [6.07, 6.45) is 0. The molecular formula is C19H14N4O4S. The van der Waals surface area contributed by atoms with Gasteiger partial charge in [0.2, 0.25) is 5.89 Å². The Kier molecular flexibility index (Phi) is 4.36. The molecule has 28 heavy (non-hydrogen) atoms. The fraction of sp³-hybridized carbons (Fsp3) is 0.105. The van der Waals surface area contributed by atoms with E-state index >= 15 is 0 Å². The molecule has 0 spiro atoms. The van der Waals surface area contributed by atoms with Gasteiger partial charge in [-0.25, -0.2) is 0 Å². The van der Waals surface area contributed by atoms with Crippen LogP contribution in [0.15, 0.2) is 46.9 Å². The second-order valence-corrected chi connectivity index (χ2v) is 7.36. The maximum absolute atomic E-state index is 12.5. The topological polar surface area (TPSA) is 111 Å². The van der Waals surface area contributed by atoms with E-state index in [0.29, 0.717) is 16.2 Å². The first-order chi connectivity index (χ1) is 13.4. The van der Waals surface area contributed by atoms with Gasteiger partial charge in [0.05, 0.1) is 9.80 Å². The lowest BCUT2D eigenvalue weighted by atomic mass is 10.1. The molecule has 0 aliphatic heterocycles. The van der Waals surface area contributed by atoms with Crippen molar-refractivity contribution in [1.82, 2.24) is 10.2 Å². The van der Waals surface area contributed by atoms with Gasteiger partial charge in [-0.15, -0.1) is 16.4 Å². The number of amides is 1. The van der Waals surface area contributed by atoms with E-state index < -0.39 is 10.8 Å². The summed E-state index contributed by atoms with van der Waals surface area (Å²) in [5.74, 6) is -0.0940. The fourth-order valence-electron chi connectivity index (χ4n) is 2.76. The number of nitro benzene ring substituents is 1. The molecule has 2 aromatic heterocycles. The SMILES string of the molecule is Cc1ccc(C)c(-c2nnc(NC(=O)c3cc4cc([N+](=O)[O-])ccc4s3)o2)c1. The number of anilines is 1. The van der Waals surface area contributed by atoms with E-state index in [2.05, 4.69) is 15.5 Å². The van der Waals surface area contributed by atoms with Gasteiger partial charge in [-0.1, -0.05) is 22.8 Å². The number of nitrogens with zero attached hydrogens (tertiary/aromatic N) is 3. The summed E-state index contributed by atoms with van der Waals surface area (Å²) >= 11 is 1.23. The van der Waals surface area contributed by atoms with E-state index in [4.69, 9.17) is 4.42 Å². The molecule has 4 aromatic rings. The van der Waals surface area contributed by atoms with Crippen LogP contribution in [0.3, 0.4) is 0 Å². The van der Waals surface area contributed by atoms with Crippen LogP contribution in [0.5, 0.6) is 0 Å². The number of carbonyl (C=O) groups is 1. The minimum absolute atomic E-state index is 0.00987. The summed E-state index contributed by atoms with van der Waals surface area (Å²) in [6.45, 7) is 3.90. The molecule has 0 saturated heterocycles. The largest absolute Gasteiger partial charge is 0.403 e.